The van der Waals surface area contributed by atoms with Gasteiger partial charge in [0.2, 0.25) is 12.7 Å². The Morgan fingerprint density at radius 1 is 1.50 bits per heavy atom. The average Bonchev–Trinajstić information content (AvgIpc) is 3.15. The molecule has 0 saturated carbocycles. The van der Waals surface area contributed by atoms with Crippen LogP contribution < -0.4 is 20.6 Å². The number of anilines is 1. The highest BCUT2D eigenvalue weighted by Crippen LogP contribution is 2.37. The number of tetrazole rings is 1. The van der Waals surface area contributed by atoms with Crippen molar-refractivity contribution in [2.24, 2.45) is 5.10 Å². The Bertz CT molecular complexity index is 832. The summed E-state index contributed by atoms with van der Waals surface area (Å²) >= 11 is 0. The molecule has 13 nitrogen and oxygen atoms in total. The number of nitrogens with zero attached hydrogens (tertiary/aromatic N) is 6. The highest BCUT2D eigenvalue weighted by Gasteiger charge is 2.22. The van der Waals surface area contributed by atoms with E-state index in [1.807, 2.05) is 0 Å². The first-order chi connectivity index (χ1) is 11.5. The molecule has 0 spiro atoms. The highest BCUT2D eigenvalue weighted by atomic mass is 16.7. The summed E-state index contributed by atoms with van der Waals surface area (Å²) in [5, 5.41) is 25.0. The van der Waals surface area contributed by atoms with Crippen LogP contribution in [0.1, 0.15) is 5.56 Å². The first-order valence-corrected chi connectivity index (χ1v) is 6.46. The van der Waals surface area contributed by atoms with Crippen LogP contribution >= 0.6 is 0 Å². The van der Waals surface area contributed by atoms with Crippen LogP contribution in [0.25, 0.3) is 0 Å². The fourth-order valence-electron chi connectivity index (χ4n) is 1.88. The van der Waals surface area contributed by atoms with E-state index in [1.165, 1.54) is 12.1 Å². The van der Waals surface area contributed by atoms with Crippen molar-refractivity contribution >= 4 is 23.8 Å². The standard InChI is InChI=1S/C11H10N8O5/c12-11-15-16-17-18(11)4-10(20)14-13-3-6-1-8-9(24-5-23-8)2-7(6)19(21)22/h1-3H,4-5H2,(H,14,20)(H2,12,15,17)/b13-3-. The van der Waals surface area contributed by atoms with E-state index in [4.69, 9.17) is 15.2 Å². The number of hydrogen-bond acceptors (Lipinski definition) is 10. The number of nitrogens with one attached hydrogen (secondary N) is 1. The van der Waals surface area contributed by atoms with Gasteiger partial charge in [0.1, 0.15) is 6.54 Å². The number of fused-ring (bicyclic) bond motifs is 1. The van der Waals surface area contributed by atoms with Gasteiger partial charge in [0.05, 0.1) is 22.8 Å². The lowest BCUT2D eigenvalue weighted by molar-refractivity contribution is -0.385. The molecule has 0 aliphatic carbocycles. The number of hydrazone groups is 1. The second-order valence-corrected chi connectivity index (χ2v) is 4.51. The summed E-state index contributed by atoms with van der Waals surface area (Å²) in [5.74, 6) is 0.0427. The number of hydrogen-bond donors (Lipinski definition) is 2. The Balaban J connectivity index is 1.71. The summed E-state index contributed by atoms with van der Waals surface area (Å²) in [6, 6.07) is 2.63. The smallest absolute Gasteiger partial charge is 0.282 e. The van der Waals surface area contributed by atoms with Gasteiger partial charge in [0, 0.05) is 0 Å². The van der Waals surface area contributed by atoms with E-state index >= 15 is 0 Å². The molecule has 24 heavy (non-hydrogen) atoms. The number of nitro groups is 1. The minimum absolute atomic E-state index is 0.0167. The third kappa shape index (κ3) is 3.03. The summed E-state index contributed by atoms with van der Waals surface area (Å²) in [5.41, 5.74) is 7.53. The van der Waals surface area contributed by atoms with Gasteiger partial charge in [0.25, 0.3) is 11.6 Å². The molecule has 0 fully saturated rings. The Morgan fingerprint density at radius 2 is 2.25 bits per heavy atom. The molecule has 1 aromatic carbocycles. The van der Waals surface area contributed by atoms with E-state index in [-0.39, 0.29) is 36.3 Å². The van der Waals surface area contributed by atoms with E-state index in [9.17, 15) is 14.9 Å². The lowest BCUT2D eigenvalue weighted by atomic mass is 10.1. The molecule has 3 rings (SSSR count). The van der Waals surface area contributed by atoms with Crippen molar-refractivity contribution in [3.8, 4) is 11.5 Å². The van der Waals surface area contributed by atoms with E-state index in [0.29, 0.717) is 5.75 Å². The third-order valence-electron chi connectivity index (χ3n) is 2.96. The van der Waals surface area contributed by atoms with Gasteiger partial charge in [-0.3, -0.25) is 14.9 Å². The number of nitro benzene ring substituents is 1. The number of aromatic nitrogens is 4. The van der Waals surface area contributed by atoms with Crippen molar-refractivity contribution in [3.05, 3.63) is 27.8 Å². The molecule has 0 atom stereocenters. The van der Waals surface area contributed by atoms with Gasteiger partial charge in [-0.25, -0.2) is 10.1 Å². The third-order valence-corrected chi connectivity index (χ3v) is 2.96. The second kappa shape index (κ2) is 6.15. The Labute approximate surface area is 133 Å². The van der Waals surface area contributed by atoms with Crippen LogP contribution in [0.15, 0.2) is 17.2 Å². The highest BCUT2D eigenvalue weighted by molar-refractivity contribution is 5.88. The van der Waals surface area contributed by atoms with E-state index in [0.717, 1.165) is 10.9 Å². The van der Waals surface area contributed by atoms with Gasteiger partial charge in [-0.05, 0) is 16.5 Å². The lowest BCUT2D eigenvalue weighted by Gasteiger charge is -2.02. The lowest BCUT2D eigenvalue weighted by Crippen LogP contribution is -2.24. The van der Waals surface area contributed by atoms with Crippen LogP contribution in [0.4, 0.5) is 11.6 Å². The van der Waals surface area contributed by atoms with E-state index in [1.54, 1.807) is 0 Å². The maximum Gasteiger partial charge on any atom is 0.282 e. The number of benzene rings is 1. The first kappa shape index (κ1) is 15.1. The molecular weight excluding hydrogens is 324 g/mol. The van der Waals surface area contributed by atoms with Crippen LogP contribution in [0, 0.1) is 10.1 Å². The SMILES string of the molecule is Nc1nnnn1CC(=O)N/N=C\c1cc2c(cc1[N+](=O)[O-])OCO2. The topological polar surface area (TPSA) is 173 Å². The van der Waals surface area contributed by atoms with Gasteiger partial charge < -0.3 is 15.2 Å². The van der Waals surface area contributed by atoms with Crippen molar-refractivity contribution in [1.29, 1.82) is 0 Å². The zero-order chi connectivity index (χ0) is 17.1. The Morgan fingerprint density at radius 3 is 2.92 bits per heavy atom. The molecule has 1 aliphatic heterocycles. The van der Waals surface area contributed by atoms with Gasteiger partial charge in [-0.1, -0.05) is 5.10 Å². The molecule has 1 aromatic heterocycles. The van der Waals surface area contributed by atoms with Crippen LogP contribution in [-0.2, 0) is 11.3 Å². The molecule has 0 unspecified atom stereocenters. The number of amides is 1. The van der Waals surface area contributed by atoms with Crippen LogP contribution in [0.3, 0.4) is 0 Å². The zero-order valence-corrected chi connectivity index (χ0v) is 11.9. The molecule has 13 heteroatoms. The molecule has 3 N–H and O–H groups in total. The Kier molecular flexibility index (Phi) is 3.88. The van der Waals surface area contributed by atoms with Crippen molar-refractivity contribution < 1.29 is 19.2 Å². The molecule has 1 amide bonds. The fraction of sp³-hybridized carbons (Fsp3) is 0.182. The number of nitrogens with two attached hydrogens (primary N) is 1. The van der Waals surface area contributed by atoms with Crippen molar-refractivity contribution in [2.75, 3.05) is 12.5 Å². The molecule has 124 valence electrons. The molecule has 2 aromatic rings. The van der Waals surface area contributed by atoms with Gasteiger partial charge in [-0.2, -0.15) is 5.10 Å². The number of carbonyl (C=O) groups is 1. The monoisotopic (exact) mass is 334 g/mol. The van der Waals surface area contributed by atoms with Crippen molar-refractivity contribution in [1.82, 2.24) is 25.6 Å². The first-order valence-electron chi connectivity index (χ1n) is 6.46. The predicted octanol–water partition coefficient (Wildman–Crippen LogP) is -0.958. The van der Waals surface area contributed by atoms with Crippen LogP contribution in [0.2, 0.25) is 0 Å². The maximum absolute atomic E-state index is 11.7. The molecular formula is C11H10N8O5. The zero-order valence-electron chi connectivity index (χ0n) is 11.9. The molecule has 2 heterocycles. The van der Waals surface area contributed by atoms with Crippen molar-refractivity contribution in [2.45, 2.75) is 6.54 Å². The predicted molar refractivity (Wildman–Crippen MR) is 77.2 cm³/mol. The average molecular weight is 334 g/mol. The maximum atomic E-state index is 11.7. The number of ether oxygens (including phenoxy) is 2. The molecule has 0 bridgehead atoms. The molecule has 0 saturated heterocycles. The number of carbonyl (C=O) groups excluding carboxylic acids is 1. The van der Waals surface area contributed by atoms with Gasteiger partial charge in [-0.15, -0.1) is 0 Å². The summed E-state index contributed by atoms with van der Waals surface area (Å²) in [6.07, 6.45) is 1.13. The van der Waals surface area contributed by atoms with Gasteiger partial charge in [0.15, 0.2) is 11.5 Å². The minimum Gasteiger partial charge on any atom is -0.454 e. The van der Waals surface area contributed by atoms with E-state index in [2.05, 4.69) is 26.1 Å². The second-order valence-electron chi connectivity index (χ2n) is 4.51. The largest absolute Gasteiger partial charge is 0.454 e. The summed E-state index contributed by atoms with van der Waals surface area (Å²) in [6.45, 7) is -0.267. The normalized spacial score (nSPS) is 12.5. The van der Waals surface area contributed by atoms with E-state index < -0.39 is 10.8 Å². The Hall–Kier alpha value is -3.77. The number of rotatable bonds is 5. The summed E-state index contributed by atoms with van der Waals surface area (Å²) < 4.78 is 11.3. The fourth-order valence-corrected chi connectivity index (χ4v) is 1.88. The quantitative estimate of drug-likeness (QED) is 0.396. The molecule has 1 aliphatic rings. The molecule has 0 radical (unpaired) electrons. The minimum atomic E-state index is -0.590. The van der Waals surface area contributed by atoms with Crippen LogP contribution in [-0.4, -0.2) is 44.0 Å². The van der Waals surface area contributed by atoms with Crippen LogP contribution in [0.5, 0.6) is 11.5 Å². The number of nitrogen functional groups attached to an aromatic ring is 1. The summed E-state index contributed by atoms with van der Waals surface area (Å²) in [4.78, 5) is 22.2. The van der Waals surface area contributed by atoms with Crippen molar-refractivity contribution in [3.63, 3.8) is 0 Å². The van der Waals surface area contributed by atoms with Gasteiger partial charge >= 0.3 is 0 Å². The summed E-state index contributed by atoms with van der Waals surface area (Å²) in [7, 11) is 0.